The molecule has 0 heterocycles. The van der Waals surface area contributed by atoms with Crippen molar-refractivity contribution in [3.63, 3.8) is 0 Å². The fraction of sp³-hybridized carbons (Fsp3) is 0.417. The lowest BCUT2D eigenvalue weighted by molar-refractivity contribution is 0.0934. The van der Waals surface area contributed by atoms with Gasteiger partial charge >= 0.3 is 0 Å². The summed E-state index contributed by atoms with van der Waals surface area (Å²) in [5, 5.41) is 12.9. The highest BCUT2D eigenvalue weighted by molar-refractivity contribution is 14.1. The predicted molar refractivity (Wildman–Crippen MR) is 80.3 cm³/mol. The number of carbonyl (C=O) groups is 1. The predicted octanol–water partition coefficient (Wildman–Crippen LogP) is 3.10. The Balaban J connectivity index is 2.09. The molecular weight excluding hydrogens is 388 g/mol. The number of benzene rings is 1. The molecule has 2 N–H and O–H groups in total. The largest absolute Gasteiger partial charge is 0.396 e. The van der Waals surface area contributed by atoms with Crippen molar-refractivity contribution in [1.82, 2.24) is 5.32 Å². The van der Waals surface area contributed by atoms with E-state index in [1.807, 2.05) is 22.6 Å². The van der Waals surface area contributed by atoms with E-state index in [0.717, 1.165) is 12.8 Å². The summed E-state index contributed by atoms with van der Waals surface area (Å²) < 4.78 is 0.685. The van der Waals surface area contributed by atoms with E-state index in [-0.39, 0.29) is 17.9 Å². The zero-order valence-electron chi connectivity index (χ0n) is 9.47. The van der Waals surface area contributed by atoms with Crippen LogP contribution in [0.1, 0.15) is 23.2 Å². The Kier molecular flexibility index (Phi) is 4.41. The molecular formula is C12H12Cl2INO2. The van der Waals surface area contributed by atoms with Crippen LogP contribution < -0.4 is 5.32 Å². The van der Waals surface area contributed by atoms with Crippen LogP contribution in [0.2, 0.25) is 10.0 Å². The Hall–Kier alpha value is -0.0400. The van der Waals surface area contributed by atoms with Gasteiger partial charge in [-0.2, -0.15) is 0 Å². The van der Waals surface area contributed by atoms with Gasteiger partial charge in [-0.3, -0.25) is 4.79 Å². The van der Waals surface area contributed by atoms with E-state index in [0.29, 0.717) is 25.7 Å². The van der Waals surface area contributed by atoms with Crippen LogP contribution in [-0.4, -0.2) is 24.2 Å². The lowest BCUT2D eigenvalue weighted by Gasteiger charge is -2.14. The highest BCUT2D eigenvalue weighted by Gasteiger charge is 2.42. The maximum absolute atomic E-state index is 12.0. The second-order valence-electron chi connectivity index (χ2n) is 4.59. The standard InChI is InChI=1S/C12H12Cl2INO2/c13-7-3-8(10(15)9(14)4-7)11(18)16-5-12(6-17)1-2-12/h3-4,17H,1-2,5-6H2,(H,16,18). The van der Waals surface area contributed by atoms with E-state index in [1.54, 1.807) is 12.1 Å². The molecule has 1 aromatic rings. The van der Waals surface area contributed by atoms with Gasteiger partial charge in [-0.15, -0.1) is 0 Å². The maximum Gasteiger partial charge on any atom is 0.252 e. The number of hydrogen-bond acceptors (Lipinski definition) is 2. The van der Waals surface area contributed by atoms with E-state index >= 15 is 0 Å². The fourth-order valence-electron chi connectivity index (χ4n) is 1.65. The van der Waals surface area contributed by atoms with E-state index in [2.05, 4.69) is 5.32 Å². The van der Waals surface area contributed by atoms with E-state index in [4.69, 9.17) is 23.2 Å². The summed E-state index contributed by atoms with van der Waals surface area (Å²) in [5.74, 6) is -0.205. The van der Waals surface area contributed by atoms with Crippen LogP contribution in [0.15, 0.2) is 12.1 Å². The van der Waals surface area contributed by atoms with Crippen molar-refractivity contribution in [3.05, 3.63) is 31.3 Å². The molecule has 18 heavy (non-hydrogen) atoms. The third-order valence-corrected chi connectivity index (χ3v) is 5.15. The molecule has 98 valence electrons. The molecule has 1 aliphatic rings. The zero-order chi connectivity index (χ0) is 13.3. The van der Waals surface area contributed by atoms with Crippen LogP contribution >= 0.6 is 45.8 Å². The van der Waals surface area contributed by atoms with E-state index in [1.165, 1.54) is 0 Å². The molecule has 0 bridgehead atoms. The number of aliphatic hydroxyl groups excluding tert-OH is 1. The first-order chi connectivity index (χ1) is 8.47. The number of rotatable bonds is 4. The summed E-state index contributed by atoms with van der Waals surface area (Å²) in [5.41, 5.74) is 0.366. The van der Waals surface area contributed by atoms with Crippen LogP contribution in [0.3, 0.4) is 0 Å². The lowest BCUT2D eigenvalue weighted by Crippen LogP contribution is -2.32. The number of halogens is 3. The van der Waals surface area contributed by atoms with Crippen LogP contribution in [-0.2, 0) is 0 Å². The molecule has 0 saturated heterocycles. The summed E-state index contributed by atoms with van der Waals surface area (Å²) >= 11 is 13.9. The van der Waals surface area contributed by atoms with Gasteiger partial charge in [0.15, 0.2) is 0 Å². The molecule has 1 aromatic carbocycles. The summed E-state index contributed by atoms with van der Waals surface area (Å²) in [6, 6.07) is 3.21. The first-order valence-corrected chi connectivity index (χ1v) is 7.34. The summed E-state index contributed by atoms with van der Waals surface area (Å²) in [7, 11) is 0. The van der Waals surface area contributed by atoms with Gasteiger partial charge in [0.2, 0.25) is 0 Å². The Morgan fingerprint density at radius 1 is 1.44 bits per heavy atom. The second-order valence-corrected chi connectivity index (χ2v) is 6.51. The van der Waals surface area contributed by atoms with E-state index < -0.39 is 0 Å². The summed E-state index contributed by atoms with van der Waals surface area (Å²) in [4.78, 5) is 12.0. The van der Waals surface area contributed by atoms with Gasteiger partial charge in [0.05, 0.1) is 17.2 Å². The summed E-state index contributed by atoms with van der Waals surface area (Å²) in [6.45, 7) is 0.600. The molecule has 2 rings (SSSR count). The molecule has 1 fully saturated rings. The third kappa shape index (κ3) is 3.10. The van der Waals surface area contributed by atoms with Crippen LogP contribution in [0.5, 0.6) is 0 Å². The molecule has 1 saturated carbocycles. The molecule has 0 radical (unpaired) electrons. The number of carbonyl (C=O) groups excluding carboxylic acids is 1. The van der Waals surface area contributed by atoms with E-state index in [9.17, 15) is 9.90 Å². The van der Waals surface area contributed by atoms with Crippen LogP contribution in [0.25, 0.3) is 0 Å². The minimum Gasteiger partial charge on any atom is -0.396 e. The molecule has 0 atom stereocenters. The maximum atomic E-state index is 12.0. The highest BCUT2D eigenvalue weighted by Crippen LogP contribution is 2.44. The van der Waals surface area contributed by atoms with Gasteiger partial charge in [-0.05, 0) is 47.6 Å². The van der Waals surface area contributed by atoms with Crippen molar-refractivity contribution in [2.75, 3.05) is 13.2 Å². The van der Waals surface area contributed by atoms with Gasteiger partial charge in [-0.1, -0.05) is 23.2 Å². The van der Waals surface area contributed by atoms with Crippen LogP contribution in [0, 0.1) is 8.99 Å². The zero-order valence-corrected chi connectivity index (χ0v) is 13.1. The lowest BCUT2D eigenvalue weighted by atomic mass is 10.1. The third-order valence-electron chi connectivity index (χ3n) is 3.15. The fourth-order valence-corrected chi connectivity index (χ4v) is 2.70. The Morgan fingerprint density at radius 3 is 2.67 bits per heavy atom. The quantitative estimate of drug-likeness (QED) is 0.603. The number of amides is 1. The molecule has 1 amide bonds. The molecule has 3 nitrogen and oxygen atoms in total. The van der Waals surface area contributed by atoms with Crippen molar-refractivity contribution in [3.8, 4) is 0 Å². The Labute approximate surface area is 129 Å². The normalized spacial score (nSPS) is 16.4. The van der Waals surface area contributed by atoms with Crippen molar-refractivity contribution < 1.29 is 9.90 Å². The first kappa shape index (κ1) is 14.4. The number of nitrogens with one attached hydrogen (secondary N) is 1. The molecule has 0 unspecified atom stereocenters. The van der Waals surface area contributed by atoms with Gasteiger partial charge in [0.25, 0.3) is 5.91 Å². The van der Waals surface area contributed by atoms with Crippen molar-refractivity contribution in [2.45, 2.75) is 12.8 Å². The molecule has 6 heteroatoms. The molecule has 1 aliphatic carbocycles. The Morgan fingerprint density at radius 2 is 2.11 bits per heavy atom. The first-order valence-electron chi connectivity index (χ1n) is 5.51. The van der Waals surface area contributed by atoms with Crippen molar-refractivity contribution in [2.24, 2.45) is 5.41 Å². The minimum atomic E-state index is -0.205. The number of aliphatic hydroxyl groups is 1. The number of hydrogen-bond donors (Lipinski definition) is 2. The summed E-state index contributed by atoms with van der Waals surface area (Å²) in [6.07, 6.45) is 1.91. The average molecular weight is 400 g/mol. The van der Waals surface area contributed by atoms with Crippen molar-refractivity contribution >= 4 is 51.7 Å². The second kappa shape index (κ2) is 5.53. The highest BCUT2D eigenvalue weighted by atomic mass is 127. The molecule has 0 aromatic heterocycles. The monoisotopic (exact) mass is 399 g/mol. The Bertz CT molecular complexity index is 489. The van der Waals surface area contributed by atoms with Gasteiger partial charge in [-0.25, -0.2) is 0 Å². The smallest absolute Gasteiger partial charge is 0.252 e. The topological polar surface area (TPSA) is 49.3 Å². The van der Waals surface area contributed by atoms with Gasteiger partial charge in [0.1, 0.15) is 0 Å². The van der Waals surface area contributed by atoms with Gasteiger partial charge in [0, 0.05) is 20.6 Å². The van der Waals surface area contributed by atoms with Gasteiger partial charge < -0.3 is 10.4 Å². The molecule has 0 aliphatic heterocycles. The molecule has 0 spiro atoms. The SMILES string of the molecule is O=C(NCC1(CO)CC1)c1cc(Cl)cc(Cl)c1I. The van der Waals surface area contributed by atoms with Crippen LogP contribution in [0.4, 0.5) is 0 Å². The van der Waals surface area contributed by atoms with Crippen molar-refractivity contribution in [1.29, 1.82) is 0 Å². The minimum absolute atomic E-state index is 0.108. The average Bonchev–Trinajstić information content (AvgIpc) is 3.11.